The molecule has 1 aliphatic rings. The summed E-state index contributed by atoms with van der Waals surface area (Å²) >= 11 is 0. The van der Waals surface area contributed by atoms with Gasteiger partial charge in [-0.3, -0.25) is 0 Å². The Bertz CT molecular complexity index is 344. The van der Waals surface area contributed by atoms with Crippen LogP contribution in [0, 0.1) is 5.92 Å². The Kier molecular flexibility index (Phi) is 3.34. The summed E-state index contributed by atoms with van der Waals surface area (Å²) in [4.78, 5) is 2.31. The van der Waals surface area contributed by atoms with Crippen LogP contribution in [0.3, 0.4) is 0 Å². The van der Waals surface area contributed by atoms with E-state index < -0.39 is 0 Å². The average Bonchev–Trinajstić information content (AvgIpc) is 2.30. The first kappa shape index (κ1) is 11.3. The summed E-state index contributed by atoms with van der Waals surface area (Å²) in [6.07, 6.45) is 1.91. The molecule has 1 aromatic carbocycles. The van der Waals surface area contributed by atoms with Gasteiger partial charge in [-0.25, -0.2) is 0 Å². The molecule has 1 heterocycles. The molecule has 88 valence electrons. The van der Waals surface area contributed by atoms with Crippen molar-refractivity contribution >= 4 is 11.4 Å². The number of aliphatic hydroxyl groups is 1. The van der Waals surface area contributed by atoms with Crippen molar-refractivity contribution in [2.24, 2.45) is 5.92 Å². The molecule has 1 aliphatic heterocycles. The van der Waals surface area contributed by atoms with Crippen LogP contribution in [0.15, 0.2) is 24.3 Å². The van der Waals surface area contributed by atoms with Crippen molar-refractivity contribution in [1.29, 1.82) is 0 Å². The van der Waals surface area contributed by atoms with Gasteiger partial charge in [-0.1, -0.05) is 12.1 Å². The van der Waals surface area contributed by atoms with Crippen LogP contribution >= 0.6 is 0 Å². The summed E-state index contributed by atoms with van der Waals surface area (Å²) < 4.78 is 0. The summed E-state index contributed by atoms with van der Waals surface area (Å²) in [6.45, 7) is 3.87. The first-order chi connectivity index (χ1) is 7.68. The number of hydrogen-bond donors (Lipinski definition) is 2. The van der Waals surface area contributed by atoms with Crippen LogP contribution in [0.2, 0.25) is 0 Å². The minimum atomic E-state index is -0.185. The SMILES string of the molecule is C[C@@H](O)C1CCN(c2ccccc2N)CC1. The third-order valence-electron chi connectivity index (χ3n) is 3.50. The van der Waals surface area contributed by atoms with Gasteiger partial charge in [-0.15, -0.1) is 0 Å². The smallest absolute Gasteiger partial charge is 0.0599 e. The topological polar surface area (TPSA) is 49.5 Å². The molecule has 1 atom stereocenters. The van der Waals surface area contributed by atoms with E-state index in [0.29, 0.717) is 5.92 Å². The largest absolute Gasteiger partial charge is 0.397 e. The molecule has 2 rings (SSSR count). The molecule has 16 heavy (non-hydrogen) atoms. The predicted octanol–water partition coefficient (Wildman–Crippen LogP) is 1.87. The third kappa shape index (κ3) is 2.30. The zero-order chi connectivity index (χ0) is 11.5. The summed E-state index contributed by atoms with van der Waals surface area (Å²) in [5.74, 6) is 0.446. The normalized spacial score (nSPS) is 19.8. The van der Waals surface area contributed by atoms with Crippen molar-refractivity contribution in [3.05, 3.63) is 24.3 Å². The second-order valence-corrected chi connectivity index (χ2v) is 4.62. The van der Waals surface area contributed by atoms with Gasteiger partial charge in [0, 0.05) is 13.1 Å². The zero-order valence-electron chi connectivity index (χ0n) is 9.76. The average molecular weight is 220 g/mol. The van der Waals surface area contributed by atoms with Crippen molar-refractivity contribution in [2.75, 3.05) is 23.7 Å². The quantitative estimate of drug-likeness (QED) is 0.748. The molecule has 0 radical (unpaired) electrons. The minimum Gasteiger partial charge on any atom is -0.397 e. The number of para-hydroxylation sites is 2. The van der Waals surface area contributed by atoms with Crippen LogP contribution in [-0.4, -0.2) is 24.3 Å². The summed E-state index contributed by atoms with van der Waals surface area (Å²) in [5.41, 5.74) is 7.93. The number of aliphatic hydroxyl groups excluding tert-OH is 1. The molecule has 0 spiro atoms. The highest BCUT2D eigenvalue weighted by Crippen LogP contribution is 2.28. The summed E-state index contributed by atoms with van der Waals surface area (Å²) in [6, 6.07) is 7.99. The molecule has 0 amide bonds. The van der Waals surface area contributed by atoms with Crippen molar-refractivity contribution in [3.63, 3.8) is 0 Å². The van der Waals surface area contributed by atoms with Crippen molar-refractivity contribution in [3.8, 4) is 0 Å². The lowest BCUT2D eigenvalue weighted by atomic mass is 9.92. The number of nitrogens with two attached hydrogens (primary N) is 1. The van der Waals surface area contributed by atoms with Gasteiger partial charge < -0.3 is 15.7 Å². The molecule has 0 aliphatic carbocycles. The molecule has 3 heteroatoms. The maximum absolute atomic E-state index is 9.55. The van der Waals surface area contributed by atoms with Crippen molar-refractivity contribution in [1.82, 2.24) is 0 Å². The Morgan fingerprint density at radius 1 is 1.31 bits per heavy atom. The maximum atomic E-state index is 9.55. The van der Waals surface area contributed by atoms with E-state index in [0.717, 1.165) is 37.3 Å². The monoisotopic (exact) mass is 220 g/mol. The van der Waals surface area contributed by atoms with E-state index in [1.807, 2.05) is 25.1 Å². The molecule has 3 nitrogen and oxygen atoms in total. The molecule has 0 bridgehead atoms. The highest BCUT2D eigenvalue weighted by molar-refractivity contribution is 5.67. The van der Waals surface area contributed by atoms with Gasteiger partial charge in [0.1, 0.15) is 0 Å². The highest BCUT2D eigenvalue weighted by Gasteiger charge is 2.23. The molecule has 0 saturated carbocycles. The molecule has 3 N–H and O–H groups in total. The van der Waals surface area contributed by atoms with Crippen LogP contribution in [0.1, 0.15) is 19.8 Å². The Hall–Kier alpha value is -1.22. The minimum absolute atomic E-state index is 0.185. The first-order valence-corrected chi connectivity index (χ1v) is 5.96. The first-order valence-electron chi connectivity index (χ1n) is 5.96. The number of piperidine rings is 1. The van der Waals surface area contributed by atoms with Crippen LogP contribution in [-0.2, 0) is 0 Å². The van der Waals surface area contributed by atoms with Crippen LogP contribution in [0.4, 0.5) is 11.4 Å². The van der Waals surface area contributed by atoms with Crippen LogP contribution < -0.4 is 10.6 Å². The second-order valence-electron chi connectivity index (χ2n) is 4.62. The Labute approximate surface area is 96.9 Å². The molecular formula is C13H20N2O. The van der Waals surface area contributed by atoms with E-state index in [1.165, 1.54) is 0 Å². The van der Waals surface area contributed by atoms with Crippen LogP contribution in [0.5, 0.6) is 0 Å². The van der Waals surface area contributed by atoms with E-state index in [1.54, 1.807) is 0 Å². The fourth-order valence-electron chi connectivity index (χ4n) is 2.40. The van der Waals surface area contributed by atoms with E-state index in [4.69, 9.17) is 5.73 Å². The Morgan fingerprint density at radius 3 is 2.50 bits per heavy atom. The Morgan fingerprint density at radius 2 is 1.94 bits per heavy atom. The zero-order valence-corrected chi connectivity index (χ0v) is 9.76. The molecule has 0 unspecified atom stereocenters. The highest BCUT2D eigenvalue weighted by atomic mass is 16.3. The number of nitrogens with zero attached hydrogens (tertiary/aromatic N) is 1. The van der Waals surface area contributed by atoms with Gasteiger partial charge in [0.25, 0.3) is 0 Å². The number of anilines is 2. The van der Waals surface area contributed by atoms with Crippen LogP contribution in [0.25, 0.3) is 0 Å². The van der Waals surface area contributed by atoms with Gasteiger partial charge >= 0.3 is 0 Å². The lowest BCUT2D eigenvalue weighted by molar-refractivity contribution is 0.110. The standard InChI is InChI=1S/C13H20N2O/c1-10(16)11-6-8-15(9-7-11)13-5-3-2-4-12(13)14/h2-5,10-11,16H,6-9,14H2,1H3/t10-/m1/s1. The predicted molar refractivity (Wildman–Crippen MR) is 67.5 cm³/mol. The van der Waals surface area contributed by atoms with E-state index in [9.17, 15) is 5.11 Å². The van der Waals surface area contributed by atoms with Gasteiger partial charge in [-0.05, 0) is 37.8 Å². The molecule has 1 fully saturated rings. The number of rotatable bonds is 2. The molecular weight excluding hydrogens is 200 g/mol. The van der Waals surface area contributed by atoms with Gasteiger partial charge in [0.15, 0.2) is 0 Å². The molecule has 0 aromatic heterocycles. The second kappa shape index (κ2) is 4.74. The number of nitrogen functional groups attached to an aromatic ring is 1. The fourth-order valence-corrected chi connectivity index (χ4v) is 2.40. The Balaban J connectivity index is 2.02. The summed E-state index contributed by atoms with van der Waals surface area (Å²) in [7, 11) is 0. The number of hydrogen-bond acceptors (Lipinski definition) is 3. The summed E-state index contributed by atoms with van der Waals surface area (Å²) in [5, 5.41) is 9.55. The molecule has 1 aromatic rings. The van der Waals surface area contributed by atoms with Crippen molar-refractivity contribution < 1.29 is 5.11 Å². The van der Waals surface area contributed by atoms with Gasteiger partial charge in [0.2, 0.25) is 0 Å². The van der Waals surface area contributed by atoms with Gasteiger partial charge in [0.05, 0.1) is 17.5 Å². The lowest BCUT2D eigenvalue weighted by Gasteiger charge is -2.35. The van der Waals surface area contributed by atoms with E-state index in [2.05, 4.69) is 11.0 Å². The van der Waals surface area contributed by atoms with Crippen molar-refractivity contribution in [2.45, 2.75) is 25.9 Å². The van der Waals surface area contributed by atoms with Gasteiger partial charge in [-0.2, -0.15) is 0 Å². The number of benzene rings is 1. The third-order valence-corrected chi connectivity index (χ3v) is 3.50. The fraction of sp³-hybridized carbons (Fsp3) is 0.538. The maximum Gasteiger partial charge on any atom is 0.0599 e. The molecule has 1 saturated heterocycles. The lowest BCUT2D eigenvalue weighted by Crippen LogP contribution is -2.37. The van der Waals surface area contributed by atoms with E-state index in [-0.39, 0.29) is 6.10 Å². The van der Waals surface area contributed by atoms with E-state index >= 15 is 0 Å².